The number of halogens is 3. The molecule has 0 saturated heterocycles. The highest BCUT2D eigenvalue weighted by Crippen LogP contribution is 2.32. The predicted octanol–water partition coefficient (Wildman–Crippen LogP) is 6.22. The second kappa shape index (κ2) is 8.49. The summed E-state index contributed by atoms with van der Waals surface area (Å²) in [6.07, 6.45) is 2.90. The Labute approximate surface area is 161 Å². The van der Waals surface area contributed by atoms with E-state index in [2.05, 4.69) is 48.7 Å². The normalized spacial score (nSPS) is 11.1. The lowest BCUT2D eigenvalue weighted by Gasteiger charge is -2.18. The number of aryl methyl sites for hydroxylation is 1. The third kappa shape index (κ3) is 4.48. The van der Waals surface area contributed by atoms with Crippen LogP contribution in [0.3, 0.4) is 0 Å². The van der Waals surface area contributed by atoms with Gasteiger partial charge in [0.15, 0.2) is 5.82 Å². The smallest absolute Gasteiger partial charge is 0.158 e. The van der Waals surface area contributed by atoms with Crippen LogP contribution in [0.25, 0.3) is 11.3 Å². The molecule has 0 atom stereocenters. The van der Waals surface area contributed by atoms with Crippen LogP contribution in [0.2, 0.25) is 10.0 Å². The van der Waals surface area contributed by atoms with Gasteiger partial charge in [0, 0.05) is 16.6 Å². The summed E-state index contributed by atoms with van der Waals surface area (Å²) in [6, 6.07) is 5.88. The second-order valence-electron chi connectivity index (χ2n) is 5.29. The number of nitrogens with zero attached hydrogens (tertiary/aromatic N) is 2. The molecule has 0 spiro atoms. The molecule has 0 bridgehead atoms. The largest absolute Gasteiger partial charge is 0.365 e. The van der Waals surface area contributed by atoms with Crippen molar-refractivity contribution >= 4 is 51.6 Å². The lowest BCUT2D eigenvalue weighted by molar-refractivity contribution is 0.666. The van der Waals surface area contributed by atoms with E-state index in [9.17, 15) is 0 Å². The second-order valence-corrected chi connectivity index (χ2v) is 7.16. The predicted molar refractivity (Wildman–Crippen MR) is 108 cm³/mol. The van der Waals surface area contributed by atoms with E-state index < -0.39 is 0 Å². The minimum atomic E-state index is 0.410. The Kier molecular flexibility index (Phi) is 6.92. The first-order valence-electron chi connectivity index (χ1n) is 7.78. The number of benzene rings is 1. The number of aromatic nitrogens is 2. The Bertz CT molecular complexity index is 688. The van der Waals surface area contributed by atoms with E-state index in [-0.39, 0.29) is 0 Å². The van der Waals surface area contributed by atoms with Crippen molar-refractivity contribution in [1.29, 1.82) is 0 Å². The molecular formula is C17H20Cl2IN3. The third-order valence-corrected chi connectivity index (χ3v) is 5.07. The standard InChI is InChI=1S/C17H20Cl2IN3/c1-4-11(5-2)21-17-16(20)23-15(14(6-3)22-17)12-8-7-10(18)9-13(12)19/h7-9,11H,4-6H2,1-3H3,(H,21,22). The van der Waals surface area contributed by atoms with Gasteiger partial charge in [0.05, 0.1) is 16.4 Å². The highest BCUT2D eigenvalue weighted by atomic mass is 127. The lowest BCUT2D eigenvalue weighted by atomic mass is 10.1. The summed E-state index contributed by atoms with van der Waals surface area (Å²) in [5, 5.41) is 4.70. The van der Waals surface area contributed by atoms with Crippen LogP contribution in [0, 0.1) is 3.70 Å². The van der Waals surface area contributed by atoms with E-state index in [1.807, 2.05) is 12.1 Å². The first kappa shape index (κ1) is 18.7. The van der Waals surface area contributed by atoms with Crippen molar-refractivity contribution in [2.45, 2.75) is 46.1 Å². The summed E-state index contributed by atoms with van der Waals surface area (Å²) >= 11 is 14.6. The molecule has 0 amide bonds. The van der Waals surface area contributed by atoms with Crippen LogP contribution in [0.1, 0.15) is 39.3 Å². The van der Waals surface area contributed by atoms with Gasteiger partial charge < -0.3 is 5.32 Å². The molecule has 0 aliphatic heterocycles. The molecular weight excluding hydrogens is 444 g/mol. The monoisotopic (exact) mass is 463 g/mol. The van der Waals surface area contributed by atoms with Crippen LogP contribution < -0.4 is 5.32 Å². The van der Waals surface area contributed by atoms with Crippen molar-refractivity contribution < 1.29 is 0 Å². The topological polar surface area (TPSA) is 37.8 Å². The maximum Gasteiger partial charge on any atom is 0.158 e. The summed E-state index contributed by atoms with van der Waals surface area (Å²) in [7, 11) is 0. The number of rotatable bonds is 6. The molecule has 6 heteroatoms. The molecule has 2 rings (SSSR count). The van der Waals surface area contributed by atoms with Gasteiger partial charge in [-0.1, -0.05) is 44.0 Å². The van der Waals surface area contributed by atoms with Gasteiger partial charge in [-0.25, -0.2) is 9.97 Å². The quantitative estimate of drug-likeness (QED) is 0.517. The summed E-state index contributed by atoms with van der Waals surface area (Å²) in [4.78, 5) is 9.55. The maximum atomic E-state index is 6.34. The van der Waals surface area contributed by atoms with Crippen molar-refractivity contribution in [1.82, 2.24) is 9.97 Å². The van der Waals surface area contributed by atoms with Crippen molar-refractivity contribution in [3.8, 4) is 11.3 Å². The van der Waals surface area contributed by atoms with E-state index >= 15 is 0 Å². The number of hydrogen-bond acceptors (Lipinski definition) is 3. The maximum absolute atomic E-state index is 6.34. The fraction of sp³-hybridized carbons (Fsp3) is 0.412. The molecule has 0 saturated carbocycles. The average molecular weight is 464 g/mol. The van der Waals surface area contributed by atoms with E-state index in [4.69, 9.17) is 33.2 Å². The summed E-state index contributed by atoms with van der Waals surface area (Å²) in [5.41, 5.74) is 2.63. The van der Waals surface area contributed by atoms with E-state index in [0.717, 1.165) is 45.7 Å². The van der Waals surface area contributed by atoms with E-state index in [0.29, 0.717) is 16.1 Å². The first-order valence-corrected chi connectivity index (χ1v) is 9.61. The van der Waals surface area contributed by atoms with Crippen molar-refractivity contribution in [3.05, 3.63) is 37.6 Å². The Balaban J connectivity index is 2.48. The molecule has 0 fully saturated rings. The van der Waals surface area contributed by atoms with Gasteiger partial charge in [-0.15, -0.1) is 0 Å². The molecule has 0 unspecified atom stereocenters. The van der Waals surface area contributed by atoms with Crippen LogP contribution in [0.5, 0.6) is 0 Å². The highest BCUT2D eigenvalue weighted by Gasteiger charge is 2.16. The SMILES string of the molecule is CCc1nc(NC(CC)CC)c(I)nc1-c1ccc(Cl)cc1Cl. The highest BCUT2D eigenvalue weighted by molar-refractivity contribution is 14.1. The van der Waals surface area contributed by atoms with Gasteiger partial charge in [-0.2, -0.15) is 0 Å². The van der Waals surface area contributed by atoms with Crippen LogP contribution in [-0.2, 0) is 6.42 Å². The van der Waals surface area contributed by atoms with Crippen LogP contribution in [0.4, 0.5) is 5.82 Å². The van der Waals surface area contributed by atoms with Gasteiger partial charge in [-0.3, -0.25) is 0 Å². The van der Waals surface area contributed by atoms with E-state index in [1.165, 1.54) is 0 Å². The van der Waals surface area contributed by atoms with E-state index in [1.54, 1.807) is 6.07 Å². The fourth-order valence-corrected chi connectivity index (χ4v) is 3.39. The zero-order valence-corrected chi connectivity index (χ0v) is 17.1. The van der Waals surface area contributed by atoms with Gasteiger partial charge in [0.1, 0.15) is 3.70 Å². The summed E-state index contributed by atoms with van der Waals surface area (Å²) in [6.45, 7) is 6.42. The number of hydrogen-bond donors (Lipinski definition) is 1. The molecule has 0 aliphatic carbocycles. The van der Waals surface area contributed by atoms with Crippen LogP contribution >= 0.6 is 45.8 Å². The zero-order chi connectivity index (χ0) is 17.0. The fourth-order valence-electron chi connectivity index (χ4n) is 2.37. The molecule has 1 aromatic carbocycles. The van der Waals surface area contributed by atoms with Crippen LogP contribution in [0.15, 0.2) is 18.2 Å². The van der Waals surface area contributed by atoms with Gasteiger partial charge in [-0.05, 0) is 60.1 Å². The lowest BCUT2D eigenvalue weighted by Crippen LogP contribution is -2.20. The minimum Gasteiger partial charge on any atom is -0.365 e. The molecule has 2 aromatic rings. The Morgan fingerprint density at radius 1 is 1.13 bits per heavy atom. The molecule has 1 aromatic heterocycles. The Morgan fingerprint density at radius 3 is 2.39 bits per heavy atom. The van der Waals surface area contributed by atoms with Crippen molar-refractivity contribution in [2.75, 3.05) is 5.32 Å². The molecule has 0 aliphatic rings. The molecule has 1 heterocycles. The Morgan fingerprint density at radius 2 is 1.83 bits per heavy atom. The first-order chi connectivity index (χ1) is 11.0. The average Bonchev–Trinajstić information content (AvgIpc) is 2.53. The summed E-state index contributed by atoms with van der Waals surface area (Å²) in [5.74, 6) is 0.852. The summed E-state index contributed by atoms with van der Waals surface area (Å²) < 4.78 is 0.854. The zero-order valence-electron chi connectivity index (χ0n) is 13.5. The number of anilines is 1. The molecule has 23 heavy (non-hydrogen) atoms. The van der Waals surface area contributed by atoms with Crippen LogP contribution in [-0.4, -0.2) is 16.0 Å². The molecule has 0 radical (unpaired) electrons. The van der Waals surface area contributed by atoms with Gasteiger partial charge in [0.25, 0.3) is 0 Å². The number of nitrogens with one attached hydrogen (secondary N) is 1. The minimum absolute atomic E-state index is 0.410. The van der Waals surface area contributed by atoms with Crippen molar-refractivity contribution in [2.24, 2.45) is 0 Å². The third-order valence-electron chi connectivity index (χ3n) is 3.77. The molecule has 124 valence electrons. The van der Waals surface area contributed by atoms with Crippen molar-refractivity contribution in [3.63, 3.8) is 0 Å². The molecule has 3 nitrogen and oxygen atoms in total. The van der Waals surface area contributed by atoms with Gasteiger partial charge in [0.2, 0.25) is 0 Å². The molecule has 1 N–H and O–H groups in total. The Hall–Kier alpha value is -0.590. The van der Waals surface area contributed by atoms with Gasteiger partial charge >= 0.3 is 0 Å².